The van der Waals surface area contributed by atoms with E-state index < -0.39 is 11.9 Å². The highest BCUT2D eigenvalue weighted by Gasteiger charge is 2.09. The second-order valence-corrected chi connectivity index (χ2v) is 9.22. The van der Waals surface area contributed by atoms with Gasteiger partial charge in [-0.3, -0.25) is 0 Å². The van der Waals surface area contributed by atoms with Gasteiger partial charge in [-0.1, -0.05) is 153 Å². The van der Waals surface area contributed by atoms with Crippen molar-refractivity contribution in [1.82, 2.24) is 0 Å². The van der Waals surface area contributed by atoms with Crippen molar-refractivity contribution in [2.24, 2.45) is 0 Å². The van der Waals surface area contributed by atoms with E-state index in [-0.39, 0.29) is 0 Å². The molecule has 0 unspecified atom stereocenters. The average Bonchev–Trinajstić information content (AvgIpc) is 2.87. The third-order valence-electron chi connectivity index (χ3n) is 5.86. The van der Waals surface area contributed by atoms with Crippen LogP contribution in [0.5, 0.6) is 0 Å². The van der Waals surface area contributed by atoms with Gasteiger partial charge in [0.1, 0.15) is 0 Å². The average molecular weight is 477 g/mol. The van der Waals surface area contributed by atoms with Crippen LogP contribution in [0.2, 0.25) is 0 Å². The van der Waals surface area contributed by atoms with Crippen molar-refractivity contribution in [1.29, 1.82) is 0 Å². The third-order valence-corrected chi connectivity index (χ3v) is 5.86. The van der Waals surface area contributed by atoms with Crippen LogP contribution in [0.1, 0.15) is 142 Å². The fraction of sp³-hybridized carbons (Fsp3) is 0.733. The van der Waals surface area contributed by atoms with E-state index >= 15 is 0 Å². The molecule has 0 N–H and O–H groups in total. The number of hydrogen-bond donors (Lipinski definition) is 0. The molecule has 0 aliphatic heterocycles. The van der Waals surface area contributed by atoms with Crippen molar-refractivity contribution in [3.63, 3.8) is 0 Å². The Labute approximate surface area is 210 Å². The fourth-order valence-electron chi connectivity index (χ4n) is 3.72. The second kappa shape index (κ2) is 27.4. The molecular formula is C30H52O4. The summed E-state index contributed by atoms with van der Waals surface area (Å²) in [5.74, 6) is -0.855. The highest BCUT2D eigenvalue weighted by Crippen LogP contribution is 2.12. The van der Waals surface area contributed by atoms with Crippen LogP contribution in [-0.4, -0.2) is 11.9 Å². The summed E-state index contributed by atoms with van der Waals surface area (Å²) in [5.41, 5.74) is 0. The summed E-state index contributed by atoms with van der Waals surface area (Å²) in [6.07, 6.45) is 22.3. The van der Waals surface area contributed by atoms with Crippen LogP contribution in [0.25, 0.3) is 0 Å². The van der Waals surface area contributed by atoms with E-state index in [4.69, 9.17) is 0 Å². The normalized spacial score (nSPS) is 10.3. The molecule has 1 aromatic rings. The van der Waals surface area contributed by atoms with Crippen molar-refractivity contribution < 1.29 is 19.4 Å². The zero-order valence-corrected chi connectivity index (χ0v) is 22.2. The number of hydrogen-bond acceptors (Lipinski definition) is 4. The predicted octanol–water partition coefficient (Wildman–Crippen LogP) is 9.52. The van der Waals surface area contributed by atoms with E-state index in [9.17, 15) is 9.59 Å². The van der Waals surface area contributed by atoms with E-state index in [1.807, 2.05) is 36.4 Å². The Hall–Kier alpha value is -1.84. The fourth-order valence-corrected chi connectivity index (χ4v) is 3.72. The highest BCUT2D eigenvalue weighted by molar-refractivity contribution is 5.72. The van der Waals surface area contributed by atoms with E-state index in [2.05, 4.69) is 23.6 Å². The van der Waals surface area contributed by atoms with Crippen LogP contribution in [0.3, 0.4) is 0 Å². The molecule has 0 amide bonds. The summed E-state index contributed by atoms with van der Waals surface area (Å²) in [5, 5.41) is 0. The van der Waals surface area contributed by atoms with Gasteiger partial charge in [0.15, 0.2) is 0 Å². The number of carbonyl (C=O) groups excluding carboxylic acids is 2. The van der Waals surface area contributed by atoms with Crippen molar-refractivity contribution in [2.45, 2.75) is 142 Å². The topological polar surface area (TPSA) is 52.6 Å². The van der Waals surface area contributed by atoms with Crippen molar-refractivity contribution in [2.75, 3.05) is 0 Å². The summed E-state index contributed by atoms with van der Waals surface area (Å²) >= 11 is 0. The van der Waals surface area contributed by atoms with E-state index in [0.29, 0.717) is 12.8 Å². The molecule has 1 rings (SSSR count). The minimum atomic E-state index is -0.427. The van der Waals surface area contributed by atoms with Gasteiger partial charge in [0.2, 0.25) is 0 Å². The minimum absolute atomic E-state index is 0.334. The Morgan fingerprint density at radius 3 is 0.912 bits per heavy atom. The molecule has 0 radical (unpaired) electrons. The first kappa shape index (κ1) is 32.2. The Morgan fingerprint density at radius 2 is 0.647 bits per heavy atom. The largest absolute Gasteiger partial charge is 0.355 e. The molecule has 0 aliphatic rings. The molecule has 0 heterocycles. The van der Waals surface area contributed by atoms with Crippen LogP contribution in [0, 0.1) is 0 Å². The molecule has 34 heavy (non-hydrogen) atoms. The molecular weight excluding hydrogens is 424 g/mol. The van der Waals surface area contributed by atoms with Crippen LogP contribution in [0.15, 0.2) is 36.4 Å². The van der Waals surface area contributed by atoms with Gasteiger partial charge in [0, 0.05) is 0 Å². The molecule has 0 aromatic heterocycles. The first-order valence-corrected chi connectivity index (χ1v) is 14.1. The van der Waals surface area contributed by atoms with Gasteiger partial charge < -0.3 is 0 Å². The van der Waals surface area contributed by atoms with Crippen molar-refractivity contribution >= 4 is 11.9 Å². The van der Waals surface area contributed by atoms with Gasteiger partial charge in [-0.25, -0.2) is 19.4 Å². The van der Waals surface area contributed by atoms with Gasteiger partial charge >= 0.3 is 11.9 Å². The van der Waals surface area contributed by atoms with Gasteiger partial charge in [0.25, 0.3) is 0 Å². The number of unbranched alkanes of at least 4 members (excludes halogenated alkanes) is 16. The standard InChI is InChI=1S/C24H46O4.C6H6/c1-3-5-7-9-11-13-15-17-19-21-23(25)27-28-24(26)22-20-18-16-14-12-10-8-6-4-2;1-2-4-6-5-3-1/h3-22H2,1-2H3;1-6H. The SMILES string of the molecule is CCCCCCCCCCCC(=O)OOC(=O)CCCCCCCCCCC.c1ccccc1. The molecule has 4 nitrogen and oxygen atoms in total. The second-order valence-electron chi connectivity index (χ2n) is 9.22. The van der Waals surface area contributed by atoms with Gasteiger partial charge in [-0.15, -0.1) is 0 Å². The molecule has 0 bridgehead atoms. The van der Waals surface area contributed by atoms with Crippen LogP contribution < -0.4 is 0 Å². The lowest BCUT2D eigenvalue weighted by Crippen LogP contribution is -2.11. The van der Waals surface area contributed by atoms with E-state index in [1.165, 1.54) is 77.0 Å². The molecule has 0 spiro atoms. The lowest BCUT2D eigenvalue weighted by molar-refractivity contribution is -0.259. The maximum atomic E-state index is 11.6. The summed E-state index contributed by atoms with van der Waals surface area (Å²) in [4.78, 5) is 32.4. The monoisotopic (exact) mass is 476 g/mol. The lowest BCUT2D eigenvalue weighted by atomic mass is 10.1. The highest BCUT2D eigenvalue weighted by atomic mass is 17.2. The predicted molar refractivity (Wildman–Crippen MR) is 142 cm³/mol. The quantitative estimate of drug-likeness (QED) is 0.107. The Bertz CT molecular complexity index is 483. The molecule has 0 atom stereocenters. The zero-order valence-electron chi connectivity index (χ0n) is 22.2. The maximum Gasteiger partial charge on any atom is 0.355 e. The number of rotatable bonds is 20. The summed E-state index contributed by atoms with van der Waals surface area (Å²) < 4.78 is 0. The van der Waals surface area contributed by atoms with Crippen LogP contribution >= 0.6 is 0 Å². The molecule has 0 aliphatic carbocycles. The molecule has 0 saturated heterocycles. The number of carbonyl (C=O) groups is 2. The molecule has 4 heteroatoms. The van der Waals surface area contributed by atoms with Gasteiger partial charge in [-0.2, -0.15) is 0 Å². The lowest BCUT2D eigenvalue weighted by Gasteiger charge is -2.04. The summed E-state index contributed by atoms with van der Waals surface area (Å²) in [6.45, 7) is 4.46. The minimum Gasteiger partial charge on any atom is -0.247 e. The molecule has 0 fully saturated rings. The Morgan fingerprint density at radius 1 is 0.412 bits per heavy atom. The van der Waals surface area contributed by atoms with Crippen LogP contribution in [-0.2, 0) is 19.4 Å². The van der Waals surface area contributed by atoms with E-state index in [1.54, 1.807) is 0 Å². The van der Waals surface area contributed by atoms with Crippen LogP contribution in [0.4, 0.5) is 0 Å². The number of benzene rings is 1. The smallest absolute Gasteiger partial charge is 0.247 e. The van der Waals surface area contributed by atoms with E-state index in [0.717, 1.165) is 38.5 Å². The zero-order chi connectivity index (χ0) is 25.0. The Kier molecular flexibility index (Phi) is 25.9. The van der Waals surface area contributed by atoms with Gasteiger partial charge in [0.05, 0.1) is 12.8 Å². The maximum absolute atomic E-state index is 11.6. The van der Waals surface area contributed by atoms with Crippen molar-refractivity contribution in [3.8, 4) is 0 Å². The first-order valence-electron chi connectivity index (χ1n) is 14.1. The third kappa shape index (κ3) is 26.4. The summed E-state index contributed by atoms with van der Waals surface area (Å²) in [6, 6.07) is 12.0. The summed E-state index contributed by atoms with van der Waals surface area (Å²) in [7, 11) is 0. The molecule has 0 saturated carbocycles. The van der Waals surface area contributed by atoms with Crippen molar-refractivity contribution in [3.05, 3.63) is 36.4 Å². The molecule has 1 aromatic carbocycles. The molecule has 196 valence electrons. The van der Waals surface area contributed by atoms with Gasteiger partial charge in [-0.05, 0) is 12.8 Å². The Balaban J connectivity index is 0.00000156. The first-order chi connectivity index (χ1) is 16.7.